The maximum Gasteiger partial charge on any atom is 0.00161 e. The van der Waals surface area contributed by atoms with Crippen LogP contribution in [0.1, 0.15) is 40.0 Å². The van der Waals surface area contributed by atoms with Gasteiger partial charge in [-0.1, -0.05) is 33.6 Å². The lowest BCUT2D eigenvalue weighted by Crippen LogP contribution is -2.31. The van der Waals surface area contributed by atoms with Gasteiger partial charge in [0.2, 0.25) is 0 Å². The average molecular weight is 200 g/mol. The van der Waals surface area contributed by atoms with Crippen molar-refractivity contribution in [3.05, 3.63) is 0 Å². The highest BCUT2D eigenvalue weighted by Gasteiger charge is 2.04. The van der Waals surface area contributed by atoms with Crippen molar-refractivity contribution in [2.75, 3.05) is 33.2 Å². The Bertz CT molecular complexity index is 115. The second kappa shape index (κ2) is 9.47. The van der Waals surface area contributed by atoms with Crippen LogP contribution in [-0.2, 0) is 0 Å². The van der Waals surface area contributed by atoms with Crippen molar-refractivity contribution in [3.8, 4) is 0 Å². The van der Waals surface area contributed by atoms with Gasteiger partial charge in [-0.2, -0.15) is 0 Å². The predicted molar refractivity (Wildman–Crippen MR) is 64.7 cm³/mol. The largest absolute Gasteiger partial charge is 0.317 e. The molecule has 0 aliphatic rings. The van der Waals surface area contributed by atoms with Crippen molar-refractivity contribution < 1.29 is 0 Å². The molecule has 0 aromatic rings. The molecule has 2 heteroatoms. The highest BCUT2D eigenvalue weighted by Crippen LogP contribution is 2.00. The van der Waals surface area contributed by atoms with Crippen LogP contribution in [0.5, 0.6) is 0 Å². The Morgan fingerprint density at radius 1 is 1.21 bits per heavy atom. The molecule has 1 atom stereocenters. The lowest BCUT2D eigenvalue weighted by atomic mass is 10.1. The average Bonchev–Trinajstić information content (AvgIpc) is 2.15. The van der Waals surface area contributed by atoms with E-state index in [-0.39, 0.29) is 0 Å². The molecule has 0 bridgehead atoms. The van der Waals surface area contributed by atoms with E-state index in [0.29, 0.717) is 0 Å². The van der Waals surface area contributed by atoms with E-state index in [0.717, 1.165) is 19.0 Å². The maximum absolute atomic E-state index is 3.39. The zero-order valence-corrected chi connectivity index (χ0v) is 10.5. The van der Waals surface area contributed by atoms with Crippen LogP contribution in [0.15, 0.2) is 0 Å². The van der Waals surface area contributed by atoms with Crippen molar-refractivity contribution in [3.63, 3.8) is 0 Å². The fourth-order valence-corrected chi connectivity index (χ4v) is 1.71. The number of hydrogen-bond acceptors (Lipinski definition) is 2. The van der Waals surface area contributed by atoms with Gasteiger partial charge in [0.25, 0.3) is 0 Å². The van der Waals surface area contributed by atoms with E-state index in [1.165, 1.54) is 32.4 Å². The van der Waals surface area contributed by atoms with E-state index in [2.05, 4.69) is 38.0 Å². The molecule has 1 unspecified atom stereocenters. The fourth-order valence-electron chi connectivity index (χ4n) is 1.71. The molecule has 0 heterocycles. The minimum atomic E-state index is 0.765. The summed E-state index contributed by atoms with van der Waals surface area (Å²) in [5, 5.41) is 3.39. The molecule has 0 radical (unpaired) electrons. The van der Waals surface area contributed by atoms with Crippen LogP contribution >= 0.6 is 0 Å². The van der Waals surface area contributed by atoms with Gasteiger partial charge in [0.1, 0.15) is 0 Å². The van der Waals surface area contributed by atoms with Gasteiger partial charge < -0.3 is 10.2 Å². The zero-order valence-electron chi connectivity index (χ0n) is 10.5. The molecule has 1 N–H and O–H groups in total. The third-order valence-electron chi connectivity index (χ3n) is 2.51. The van der Waals surface area contributed by atoms with E-state index < -0.39 is 0 Å². The summed E-state index contributed by atoms with van der Waals surface area (Å²) in [4.78, 5) is 2.46. The van der Waals surface area contributed by atoms with Gasteiger partial charge in [0.15, 0.2) is 0 Å². The molecular formula is C12H28N2. The third kappa shape index (κ3) is 8.52. The quantitative estimate of drug-likeness (QED) is 0.575. The topological polar surface area (TPSA) is 15.3 Å². The van der Waals surface area contributed by atoms with Gasteiger partial charge in [-0.05, 0) is 39.0 Å². The Balaban J connectivity index is 3.35. The van der Waals surface area contributed by atoms with Gasteiger partial charge in [0.05, 0.1) is 0 Å². The molecule has 0 aromatic carbocycles. The molecule has 0 spiro atoms. The first-order chi connectivity index (χ1) is 6.70. The van der Waals surface area contributed by atoms with Crippen LogP contribution in [0.25, 0.3) is 0 Å². The number of nitrogens with one attached hydrogen (secondary N) is 1. The van der Waals surface area contributed by atoms with Gasteiger partial charge in [-0.15, -0.1) is 0 Å². The Morgan fingerprint density at radius 2 is 1.93 bits per heavy atom. The van der Waals surface area contributed by atoms with Crippen LogP contribution in [0, 0.1) is 5.92 Å². The molecule has 0 saturated carbocycles. The number of nitrogens with zero attached hydrogens (tertiary/aromatic N) is 1. The minimum Gasteiger partial charge on any atom is -0.317 e. The standard InChI is InChI=1S/C12H28N2/c1-5-7-8-9-14(4)11-12(3)10-13-6-2/h12-13H,5-11H2,1-4H3. The normalized spacial score (nSPS) is 13.5. The van der Waals surface area contributed by atoms with Crippen molar-refractivity contribution in [1.82, 2.24) is 10.2 Å². The molecule has 0 rings (SSSR count). The molecule has 0 aromatic heterocycles. The van der Waals surface area contributed by atoms with Crippen molar-refractivity contribution in [1.29, 1.82) is 0 Å². The van der Waals surface area contributed by atoms with Gasteiger partial charge in [0, 0.05) is 6.54 Å². The van der Waals surface area contributed by atoms with Crippen LogP contribution in [0.2, 0.25) is 0 Å². The second-order valence-electron chi connectivity index (χ2n) is 4.38. The highest BCUT2D eigenvalue weighted by molar-refractivity contribution is 4.61. The zero-order chi connectivity index (χ0) is 10.8. The first-order valence-electron chi connectivity index (χ1n) is 6.09. The Morgan fingerprint density at radius 3 is 2.50 bits per heavy atom. The lowest BCUT2D eigenvalue weighted by Gasteiger charge is -2.21. The van der Waals surface area contributed by atoms with Gasteiger partial charge in [-0.25, -0.2) is 0 Å². The summed E-state index contributed by atoms with van der Waals surface area (Å²) in [5.74, 6) is 0.765. The summed E-state index contributed by atoms with van der Waals surface area (Å²) in [6, 6.07) is 0. The lowest BCUT2D eigenvalue weighted by molar-refractivity contribution is 0.276. The predicted octanol–water partition coefficient (Wildman–Crippen LogP) is 2.35. The molecule has 2 nitrogen and oxygen atoms in total. The molecule has 86 valence electrons. The number of rotatable bonds is 9. The molecule has 0 fully saturated rings. The second-order valence-corrected chi connectivity index (χ2v) is 4.38. The van der Waals surface area contributed by atoms with E-state index in [1.54, 1.807) is 0 Å². The summed E-state index contributed by atoms with van der Waals surface area (Å²) >= 11 is 0. The first-order valence-corrected chi connectivity index (χ1v) is 6.09. The van der Waals surface area contributed by atoms with E-state index >= 15 is 0 Å². The van der Waals surface area contributed by atoms with E-state index in [9.17, 15) is 0 Å². The Hall–Kier alpha value is -0.0800. The third-order valence-corrected chi connectivity index (χ3v) is 2.51. The maximum atomic E-state index is 3.39. The van der Waals surface area contributed by atoms with Gasteiger partial charge in [-0.3, -0.25) is 0 Å². The van der Waals surface area contributed by atoms with Crippen LogP contribution in [-0.4, -0.2) is 38.1 Å². The van der Waals surface area contributed by atoms with Crippen molar-refractivity contribution >= 4 is 0 Å². The molecule has 0 aliphatic heterocycles. The highest BCUT2D eigenvalue weighted by atomic mass is 15.1. The van der Waals surface area contributed by atoms with Crippen LogP contribution in [0.4, 0.5) is 0 Å². The molecular weight excluding hydrogens is 172 g/mol. The summed E-state index contributed by atoms with van der Waals surface area (Å²) in [6.45, 7) is 11.4. The van der Waals surface area contributed by atoms with Crippen LogP contribution < -0.4 is 5.32 Å². The monoisotopic (exact) mass is 200 g/mol. The minimum absolute atomic E-state index is 0.765. The summed E-state index contributed by atoms with van der Waals surface area (Å²) in [7, 11) is 2.23. The summed E-state index contributed by atoms with van der Waals surface area (Å²) in [6.07, 6.45) is 4.04. The molecule has 0 amide bonds. The van der Waals surface area contributed by atoms with Gasteiger partial charge >= 0.3 is 0 Å². The van der Waals surface area contributed by atoms with E-state index in [4.69, 9.17) is 0 Å². The SMILES string of the molecule is CCCCCN(C)CC(C)CNCC. The molecule has 0 saturated heterocycles. The number of unbranched alkanes of at least 4 members (excludes halogenated alkanes) is 2. The van der Waals surface area contributed by atoms with E-state index in [1.807, 2.05) is 0 Å². The van der Waals surface area contributed by atoms with Crippen molar-refractivity contribution in [2.45, 2.75) is 40.0 Å². The molecule has 0 aliphatic carbocycles. The first kappa shape index (κ1) is 13.9. The smallest absolute Gasteiger partial charge is 0.00161 e. The Kier molecular flexibility index (Phi) is 9.42. The van der Waals surface area contributed by atoms with Crippen molar-refractivity contribution in [2.24, 2.45) is 5.92 Å². The summed E-state index contributed by atoms with van der Waals surface area (Å²) in [5.41, 5.74) is 0. The summed E-state index contributed by atoms with van der Waals surface area (Å²) < 4.78 is 0. The number of hydrogen-bond donors (Lipinski definition) is 1. The molecule has 14 heavy (non-hydrogen) atoms. The Labute approximate surface area is 90.1 Å². The van der Waals surface area contributed by atoms with Crippen LogP contribution in [0.3, 0.4) is 0 Å². The fraction of sp³-hybridized carbons (Fsp3) is 1.00.